The number of amides is 2. The monoisotopic (exact) mass is 418 g/mol. The van der Waals surface area contributed by atoms with Crippen molar-refractivity contribution in [2.45, 2.75) is 24.8 Å². The molecule has 0 unspecified atom stereocenters. The van der Waals surface area contributed by atoms with Gasteiger partial charge in [-0.15, -0.1) is 5.10 Å². The number of aromatic nitrogens is 4. The highest BCUT2D eigenvalue weighted by Gasteiger charge is 2.53. The van der Waals surface area contributed by atoms with Crippen LogP contribution in [-0.4, -0.2) is 68.0 Å². The Labute approximate surface area is 159 Å². The van der Waals surface area contributed by atoms with E-state index >= 15 is 0 Å². The van der Waals surface area contributed by atoms with E-state index in [-0.39, 0.29) is 23.8 Å². The number of rotatable bonds is 4. The zero-order valence-corrected chi connectivity index (χ0v) is 15.8. The van der Waals surface area contributed by atoms with Gasteiger partial charge in [-0.2, -0.15) is 0 Å². The number of piperazine rings is 1. The molecule has 2 fully saturated rings. The molecule has 1 aliphatic heterocycles. The molecule has 1 aromatic heterocycles. The third-order valence-electron chi connectivity index (χ3n) is 5.14. The number of benzene rings is 1. The summed E-state index contributed by atoms with van der Waals surface area (Å²) < 4.78 is 2.40. The number of halogens is 1. The van der Waals surface area contributed by atoms with E-state index in [0.717, 1.165) is 22.9 Å². The maximum atomic E-state index is 13.1. The fraction of sp³-hybridized carbons (Fsp3) is 0.471. The summed E-state index contributed by atoms with van der Waals surface area (Å²) in [7, 11) is 0. The van der Waals surface area contributed by atoms with Crippen LogP contribution in [-0.2, 0) is 21.5 Å². The van der Waals surface area contributed by atoms with Crippen LogP contribution < -0.4 is 0 Å². The first-order valence-electron chi connectivity index (χ1n) is 8.62. The van der Waals surface area contributed by atoms with Crippen molar-refractivity contribution in [1.29, 1.82) is 0 Å². The summed E-state index contributed by atoms with van der Waals surface area (Å²) in [5.41, 5.74) is 0.705. The van der Waals surface area contributed by atoms with Gasteiger partial charge in [-0.3, -0.25) is 9.59 Å². The molecule has 4 rings (SSSR count). The lowest BCUT2D eigenvalue weighted by molar-refractivity contribution is -0.141. The Kier molecular flexibility index (Phi) is 4.47. The van der Waals surface area contributed by atoms with Crippen LogP contribution in [0, 0.1) is 0 Å². The Morgan fingerprint density at radius 1 is 1.12 bits per heavy atom. The molecule has 2 amide bonds. The van der Waals surface area contributed by atoms with Crippen molar-refractivity contribution in [3.8, 4) is 0 Å². The SMILES string of the molecule is O=C(Cn1cnnn1)N1CCN(C(=O)C2(c3cccc(Br)c3)CC2)CC1. The fourth-order valence-corrected chi connectivity index (χ4v) is 3.89. The van der Waals surface area contributed by atoms with Crippen LogP contribution in [0.3, 0.4) is 0 Å². The molecule has 0 atom stereocenters. The predicted molar refractivity (Wildman–Crippen MR) is 96.0 cm³/mol. The standard InChI is InChI=1S/C17H19BrN6O2/c18-14-3-1-2-13(10-14)17(4-5-17)16(26)23-8-6-22(7-9-23)15(25)11-24-12-19-20-21-24/h1-3,10,12H,4-9,11H2. The average molecular weight is 419 g/mol. The highest BCUT2D eigenvalue weighted by molar-refractivity contribution is 9.10. The van der Waals surface area contributed by atoms with E-state index in [1.54, 1.807) is 4.90 Å². The molecule has 1 saturated carbocycles. The van der Waals surface area contributed by atoms with Gasteiger partial charge in [0, 0.05) is 30.7 Å². The summed E-state index contributed by atoms with van der Waals surface area (Å²) in [6, 6.07) is 8.01. The number of tetrazole rings is 1. The molecule has 2 heterocycles. The van der Waals surface area contributed by atoms with Crippen molar-refractivity contribution in [3.63, 3.8) is 0 Å². The van der Waals surface area contributed by atoms with E-state index < -0.39 is 0 Å². The first-order valence-corrected chi connectivity index (χ1v) is 9.42. The molecule has 1 saturated heterocycles. The first kappa shape index (κ1) is 17.1. The summed E-state index contributed by atoms with van der Waals surface area (Å²) in [5.74, 6) is 0.153. The second-order valence-corrected chi connectivity index (χ2v) is 7.69. The Morgan fingerprint density at radius 2 is 1.85 bits per heavy atom. The summed E-state index contributed by atoms with van der Waals surface area (Å²) in [5, 5.41) is 10.8. The Bertz CT molecular complexity index is 812. The minimum atomic E-state index is -0.373. The zero-order valence-electron chi connectivity index (χ0n) is 14.2. The van der Waals surface area contributed by atoms with Crippen LogP contribution in [0.2, 0.25) is 0 Å². The topological polar surface area (TPSA) is 84.2 Å². The van der Waals surface area contributed by atoms with Crippen molar-refractivity contribution < 1.29 is 9.59 Å². The minimum Gasteiger partial charge on any atom is -0.338 e. The van der Waals surface area contributed by atoms with Gasteiger partial charge in [-0.1, -0.05) is 28.1 Å². The van der Waals surface area contributed by atoms with Gasteiger partial charge in [0.1, 0.15) is 12.9 Å². The van der Waals surface area contributed by atoms with Crippen molar-refractivity contribution in [1.82, 2.24) is 30.0 Å². The van der Waals surface area contributed by atoms with Crippen molar-refractivity contribution in [3.05, 3.63) is 40.6 Å². The normalized spacial score (nSPS) is 18.7. The largest absolute Gasteiger partial charge is 0.338 e. The maximum absolute atomic E-state index is 13.1. The summed E-state index contributed by atoms with van der Waals surface area (Å²) >= 11 is 3.49. The molecule has 2 aromatic rings. The highest BCUT2D eigenvalue weighted by atomic mass is 79.9. The molecule has 0 radical (unpaired) electrons. The lowest BCUT2D eigenvalue weighted by Gasteiger charge is -2.36. The van der Waals surface area contributed by atoms with Crippen molar-refractivity contribution in [2.24, 2.45) is 0 Å². The molecular weight excluding hydrogens is 400 g/mol. The van der Waals surface area contributed by atoms with Crippen LogP contribution in [0.15, 0.2) is 35.1 Å². The minimum absolute atomic E-state index is 0.0301. The summed E-state index contributed by atoms with van der Waals surface area (Å²) in [6.45, 7) is 2.34. The Balaban J connectivity index is 1.37. The molecule has 0 spiro atoms. The predicted octanol–water partition coefficient (Wildman–Crippen LogP) is 0.838. The van der Waals surface area contributed by atoms with Crippen LogP contribution in [0.25, 0.3) is 0 Å². The smallest absolute Gasteiger partial charge is 0.244 e. The molecule has 9 heteroatoms. The molecular formula is C17H19BrN6O2. The number of carbonyl (C=O) groups excluding carboxylic acids is 2. The van der Waals surface area contributed by atoms with Gasteiger partial charge in [0.25, 0.3) is 0 Å². The fourth-order valence-electron chi connectivity index (χ4n) is 3.49. The maximum Gasteiger partial charge on any atom is 0.244 e. The number of nitrogens with zero attached hydrogens (tertiary/aromatic N) is 6. The first-order chi connectivity index (χ1) is 12.6. The molecule has 1 aromatic carbocycles. The number of carbonyl (C=O) groups is 2. The third kappa shape index (κ3) is 3.23. The van der Waals surface area contributed by atoms with Crippen LogP contribution in [0.5, 0.6) is 0 Å². The van der Waals surface area contributed by atoms with Gasteiger partial charge < -0.3 is 9.80 Å². The van der Waals surface area contributed by atoms with E-state index in [9.17, 15) is 9.59 Å². The summed E-state index contributed by atoms with van der Waals surface area (Å²) in [6.07, 6.45) is 3.20. The van der Waals surface area contributed by atoms with Gasteiger partial charge >= 0.3 is 0 Å². The molecule has 8 nitrogen and oxygen atoms in total. The van der Waals surface area contributed by atoms with E-state index in [4.69, 9.17) is 0 Å². The van der Waals surface area contributed by atoms with Crippen LogP contribution in [0.1, 0.15) is 18.4 Å². The second-order valence-electron chi connectivity index (χ2n) is 6.77. The molecule has 0 N–H and O–H groups in total. The van der Waals surface area contributed by atoms with E-state index in [0.29, 0.717) is 26.2 Å². The van der Waals surface area contributed by atoms with Crippen LogP contribution in [0.4, 0.5) is 0 Å². The molecule has 26 heavy (non-hydrogen) atoms. The zero-order chi connectivity index (χ0) is 18.1. The molecule has 0 bridgehead atoms. The second kappa shape index (κ2) is 6.79. The molecule has 136 valence electrons. The quantitative estimate of drug-likeness (QED) is 0.734. The number of hydrogen-bond donors (Lipinski definition) is 0. The van der Waals surface area contributed by atoms with E-state index in [2.05, 4.69) is 31.5 Å². The van der Waals surface area contributed by atoms with Gasteiger partial charge in [0.05, 0.1) is 5.41 Å². The van der Waals surface area contributed by atoms with Gasteiger partial charge in [0.15, 0.2) is 0 Å². The van der Waals surface area contributed by atoms with Crippen molar-refractivity contribution >= 4 is 27.7 Å². The Morgan fingerprint density at radius 3 is 2.46 bits per heavy atom. The average Bonchev–Trinajstić information content (AvgIpc) is 3.32. The van der Waals surface area contributed by atoms with Crippen LogP contribution >= 0.6 is 15.9 Å². The van der Waals surface area contributed by atoms with Gasteiger partial charge in [-0.25, -0.2) is 4.68 Å². The summed E-state index contributed by atoms with van der Waals surface area (Å²) in [4.78, 5) is 29.1. The van der Waals surface area contributed by atoms with Gasteiger partial charge in [0.2, 0.25) is 11.8 Å². The number of hydrogen-bond acceptors (Lipinski definition) is 5. The van der Waals surface area contributed by atoms with Crippen molar-refractivity contribution in [2.75, 3.05) is 26.2 Å². The lowest BCUT2D eigenvalue weighted by Crippen LogP contribution is -2.53. The lowest BCUT2D eigenvalue weighted by atomic mass is 9.94. The Hall–Kier alpha value is -2.29. The molecule has 2 aliphatic rings. The highest BCUT2D eigenvalue weighted by Crippen LogP contribution is 2.50. The van der Waals surface area contributed by atoms with Gasteiger partial charge in [-0.05, 0) is 41.0 Å². The third-order valence-corrected chi connectivity index (χ3v) is 5.64. The van der Waals surface area contributed by atoms with E-state index in [1.807, 2.05) is 29.2 Å². The van der Waals surface area contributed by atoms with E-state index in [1.165, 1.54) is 11.0 Å². The molecule has 1 aliphatic carbocycles.